The molecule has 0 unspecified atom stereocenters. The van der Waals surface area contributed by atoms with Crippen LogP contribution in [0.2, 0.25) is 0 Å². The quantitative estimate of drug-likeness (QED) is 0.465. The smallest absolute Gasteiger partial charge is 0.323 e. The number of aliphatic hydroxyl groups excluding tert-OH is 1. The van der Waals surface area contributed by atoms with Gasteiger partial charge < -0.3 is 14.6 Å². The van der Waals surface area contributed by atoms with E-state index in [4.69, 9.17) is 9.47 Å². The highest BCUT2D eigenvalue weighted by atomic mass is 16.6. The molecule has 1 rings (SSSR count). The highest BCUT2D eigenvalue weighted by molar-refractivity contribution is 6.00. The predicted molar refractivity (Wildman–Crippen MR) is 69.2 cm³/mol. The minimum absolute atomic E-state index is 0.0300. The molecule has 1 N–H and O–H groups in total. The molecule has 19 heavy (non-hydrogen) atoms. The van der Waals surface area contributed by atoms with Gasteiger partial charge in [0.15, 0.2) is 5.41 Å². The molecule has 1 aliphatic rings. The number of carbonyl (C=O) groups is 2. The van der Waals surface area contributed by atoms with Crippen LogP contribution in [0.1, 0.15) is 33.6 Å². The largest absolute Gasteiger partial charge is 0.465 e. The number of hydrogen-bond donors (Lipinski definition) is 1. The average molecular weight is 270 g/mol. The van der Waals surface area contributed by atoms with E-state index in [1.54, 1.807) is 20.8 Å². The molecule has 0 radical (unpaired) electrons. The van der Waals surface area contributed by atoms with Crippen molar-refractivity contribution in [3.63, 3.8) is 0 Å². The monoisotopic (exact) mass is 270 g/mol. The van der Waals surface area contributed by atoms with Crippen LogP contribution in [-0.2, 0) is 19.1 Å². The fourth-order valence-electron chi connectivity index (χ4n) is 2.55. The van der Waals surface area contributed by atoms with Crippen molar-refractivity contribution in [2.75, 3.05) is 13.2 Å². The Morgan fingerprint density at radius 3 is 2.00 bits per heavy atom. The van der Waals surface area contributed by atoms with E-state index in [2.05, 4.69) is 6.58 Å². The van der Waals surface area contributed by atoms with Gasteiger partial charge in [-0.3, -0.25) is 9.59 Å². The Bertz CT molecular complexity index is 356. The Morgan fingerprint density at radius 1 is 1.21 bits per heavy atom. The third-order valence-electron chi connectivity index (χ3n) is 3.56. The van der Waals surface area contributed by atoms with Crippen LogP contribution in [0.5, 0.6) is 0 Å². The van der Waals surface area contributed by atoms with Gasteiger partial charge in [0.25, 0.3) is 0 Å². The predicted octanol–water partition coefficient (Wildman–Crippen LogP) is 1.45. The van der Waals surface area contributed by atoms with Crippen LogP contribution in [0.15, 0.2) is 12.2 Å². The summed E-state index contributed by atoms with van der Waals surface area (Å²) in [5.41, 5.74) is -0.641. The molecule has 0 bridgehead atoms. The van der Waals surface area contributed by atoms with Gasteiger partial charge in [-0.1, -0.05) is 12.2 Å². The maximum atomic E-state index is 12.1. The first-order valence-electron chi connectivity index (χ1n) is 6.57. The summed E-state index contributed by atoms with van der Waals surface area (Å²) < 4.78 is 9.98. The molecule has 5 heteroatoms. The molecule has 2 atom stereocenters. The first-order valence-corrected chi connectivity index (χ1v) is 6.57. The van der Waals surface area contributed by atoms with E-state index in [9.17, 15) is 14.7 Å². The lowest BCUT2D eigenvalue weighted by atomic mass is 9.84. The second kappa shape index (κ2) is 6.19. The average Bonchev–Trinajstić information content (AvgIpc) is 2.69. The zero-order valence-corrected chi connectivity index (χ0v) is 11.8. The molecule has 0 aromatic carbocycles. The van der Waals surface area contributed by atoms with Crippen LogP contribution >= 0.6 is 0 Å². The van der Waals surface area contributed by atoms with E-state index >= 15 is 0 Å². The van der Waals surface area contributed by atoms with Gasteiger partial charge >= 0.3 is 11.9 Å². The Morgan fingerprint density at radius 2 is 1.68 bits per heavy atom. The van der Waals surface area contributed by atoms with Crippen molar-refractivity contribution in [1.82, 2.24) is 0 Å². The molecule has 0 spiro atoms. The summed E-state index contributed by atoms with van der Waals surface area (Å²) in [6.07, 6.45) is -0.546. The molecule has 0 aromatic heterocycles. The highest BCUT2D eigenvalue weighted by Crippen LogP contribution is 2.46. The molecular formula is C14H22O5. The van der Waals surface area contributed by atoms with Gasteiger partial charge in [0.2, 0.25) is 0 Å². The zero-order chi connectivity index (χ0) is 14.6. The summed E-state index contributed by atoms with van der Waals surface area (Å²) in [6, 6.07) is 0. The molecule has 5 nitrogen and oxygen atoms in total. The lowest BCUT2D eigenvalue weighted by molar-refractivity contribution is -0.172. The van der Waals surface area contributed by atoms with Gasteiger partial charge in [-0.15, -0.1) is 0 Å². The maximum Gasteiger partial charge on any atom is 0.323 e. The second-order valence-corrected chi connectivity index (χ2v) is 4.95. The van der Waals surface area contributed by atoms with E-state index in [1.807, 2.05) is 0 Å². The van der Waals surface area contributed by atoms with E-state index in [0.29, 0.717) is 0 Å². The van der Waals surface area contributed by atoms with Gasteiger partial charge in [0, 0.05) is 12.3 Å². The zero-order valence-electron chi connectivity index (χ0n) is 11.8. The van der Waals surface area contributed by atoms with Gasteiger partial charge in [0.05, 0.1) is 19.3 Å². The lowest BCUT2D eigenvalue weighted by Gasteiger charge is -2.24. The Kier molecular flexibility index (Phi) is 5.11. The van der Waals surface area contributed by atoms with Crippen LogP contribution < -0.4 is 0 Å². The summed E-state index contributed by atoms with van der Waals surface area (Å²) in [7, 11) is 0. The topological polar surface area (TPSA) is 72.8 Å². The van der Waals surface area contributed by atoms with Crippen LogP contribution in [0.4, 0.5) is 0 Å². The number of aliphatic hydroxyl groups is 1. The summed E-state index contributed by atoms with van der Waals surface area (Å²) >= 11 is 0. The maximum absolute atomic E-state index is 12.1. The minimum atomic E-state index is -1.39. The van der Waals surface area contributed by atoms with Crippen molar-refractivity contribution in [3.8, 4) is 0 Å². The van der Waals surface area contributed by atoms with Crippen molar-refractivity contribution in [3.05, 3.63) is 12.2 Å². The van der Waals surface area contributed by atoms with Crippen LogP contribution in [0.25, 0.3) is 0 Å². The first kappa shape index (κ1) is 15.7. The van der Waals surface area contributed by atoms with Crippen molar-refractivity contribution < 1.29 is 24.2 Å². The summed E-state index contributed by atoms with van der Waals surface area (Å²) in [5, 5.41) is 10.1. The number of rotatable bonds is 5. The van der Waals surface area contributed by atoms with Crippen molar-refractivity contribution in [2.45, 2.75) is 39.7 Å². The van der Waals surface area contributed by atoms with Crippen molar-refractivity contribution >= 4 is 11.9 Å². The molecule has 0 saturated heterocycles. The number of esters is 2. The minimum Gasteiger partial charge on any atom is -0.465 e. The third-order valence-corrected chi connectivity index (χ3v) is 3.56. The third kappa shape index (κ3) is 2.97. The van der Waals surface area contributed by atoms with Gasteiger partial charge in [-0.2, -0.15) is 0 Å². The summed E-state index contributed by atoms with van der Waals surface area (Å²) in [6.45, 7) is 9.31. The van der Waals surface area contributed by atoms with E-state index < -0.39 is 23.5 Å². The van der Waals surface area contributed by atoms with Crippen molar-refractivity contribution in [1.29, 1.82) is 0 Å². The molecule has 1 saturated carbocycles. The highest BCUT2D eigenvalue weighted by Gasteiger charge is 2.57. The lowest BCUT2D eigenvalue weighted by Crippen LogP contribution is -2.40. The van der Waals surface area contributed by atoms with E-state index in [0.717, 1.165) is 5.57 Å². The molecule has 0 aromatic rings. The molecule has 0 heterocycles. The molecule has 108 valence electrons. The molecule has 1 aliphatic carbocycles. The van der Waals surface area contributed by atoms with E-state index in [-0.39, 0.29) is 32.0 Å². The first-order chi connectivity index (χ1) is 8.89. The Labute approximate surface area is 113 Å². The van der Waals surface area contributed by atoms with E-state index in [1.165, 1.54) is 0 Å². The number of ether oxygens (including phenoxy) is 2. The van der Waals surface area contributed by atoms with Crippen molar-refractivity contribution in [2.24, 2.45) is 11.3 Å². The number of carbonyl (C=O) groups excluding carboxylic acids is 2. The molecule has 0 amide bonds. The van der Waals surface area contributed by atoms with Gasteiger partial charge in [-0.05, 0) is 27.2 Å². The van der Waals surface area contributed by atoms with Gasteiger partial charge in [0.1, 0.15) is 0 Å². The SMILES string of the molecule is C=C(C)[C@@H]1CC(C(=O)OCC)(C(=O)OCC)C[C@@H]1O. The summed E-state index contributed by atoms with van der Waals surface area (Å²) in [4.78, 5) is 24.3. The molecular weight excluding hydrogens is 248 g/mol. The van der Waals surface area contributed by atoms with Crippen LogP contribution in [-0.4, -0.2) is 36.4 Å². The summed E-state index contributed by atoms with van der Waals surface area (Å²) in [5.74, 6) is -1.51. The number of hydrogen-bond acceptors (Lipinski definition) is 5. The fraction of sp³-hybridized carbons (Fsp3) is 0.714. The van der Waals surface area contributed by atoms with Crippen LogP contribution in [0, 0.1) is 11.3 Å². The molecule has 1 fully saturated rings. The standard InChI is InChI=1S/C14H22O5/c1-5-18-12(16)14(13(17)19-6-2)7-10(9(3)4)11(15)8-14/h10-11,15H,3,5-8H2,1-2,4H3/t10-,11-/m0/s1. The normalized spacial score (nSPS) is 24.8. The molecule has 0 aliphatic heterocycles. The Hall–Kier alpha value is -1.36. The second-order valence-electron chi connectivity index (χ2n) is 4.95. The van der Waals surface area contributed by atoms with Gasteiger partial charge in [-0.25, -0.2) is 0 Å². The Balaban J connectivity index is 3.05. The fourth-order valence-corrected chi connectivity index (χ4v) is 2.55. The van der Waals surface area contributed by atoms with Crippen LogP contribution in [0.3, 0.4) is 0 Å².